The van der Waals surface area contributed by atoms with Crippen molar-refractivity contribution in [3.05, 3.63) is 95.7 Å². The number of nitrogens with two attached hydrogens (primary N) is 1. The molecule has 77 heavy (non-hydrogen) atoms. The summed E-state index contributed by atoms with van der Waals surface area (Å²) < 4.78 is 56.8. The Kier molecular flexibility index (Phi) is 37.9. The maximum absolute atomic E-state index is 12.9. The number of allylic oxidation sites excluding steroid dienone is 10. The average molecular weight is 1130 g/mol. The van der Waals surface area contributed by atoms with E-state index < -0.39 is 89.8 Å². The van der Waals surface area contributed by atoms with Crippen molar-refractivity contribution in [1.29, 1.82) is 0 Å². The minimum absolute atomic E-state index is 0.0155. The number of aliphatic hydroxyl groups excluding tert-OH is 3. The monoisotopic (exact) mass is 1130 g/mol. The normalized spacial score (nSPS) is 19.6. The molecule has 2 heterocycles. The molecule has 1 aromatic heterocycles. The molecule has 21 heteroatoms. The molecule has 0 saturated carbocycles. The van der Waals surface area contributed by atoms with Gasteiger partial charge < -0.3 is 45.1 Å². The smallest absolute Gasteiger partial charge is 0.462 e. The Hall–Kier alpha value is -3.84. The van der Waals surface area contributed by atoms with Crippen molar-refractivity contribution >= 4 is 33.4 Å². The van der Waals surface area contributed by atoms with Crippen LogP contribution in [0.15, 0.2) is 90.0 Å². The van der Waals surface area contributed by atoms with Gasteiger partial charge in [-0.05, 0) is 56.9 Å². The third-order valence-electron chi connectivity index (χ3n) is 12.3. The van der Waals surface area contributed by atoms with Crippen molar-refractivity contribution in [3.8, 4) is 0 Å². The first-order valence-electron chi connectivity index (χ1n) is 27.9. The Morgan fingerprint density at radius 1 is 0.727 bits per heavy atom. The number of aromatic nitrogens is 2. The molecular weight excluding hydrogens is 1030 g/mol. The first-order valence-corrected chi connectivity index (χ1v) is 30.9. The van der Waals surface area contributed by atoms with Crippen molar-refractivity contribution in [2.75, 3.05) is 25.6 Å². The van der Waals surface area contributed by atoms with Crippen LogP contribution in [0.1, 0.15) is 188 Å². The lowest BCUT2D eigenvalue weighted by Gasteiger charge is -2.21. The Bertz CT molecular complexity index is 2110. The minimum atomic E-state index is -5.45. The van der Waals surface area contributed by atoms with Crippen LogP contribution in [0.3, 0.4) is 0 Å². The van der Waals surface area contributed by atoms with Gasteiger partial charge in [0.1, 0.15) is 30.7 Å². The molecule has 1 aliphatic heterocycles. The van der Waals surface area contributed by atoms with E-state index in [9.17, 15) is 48.6 Å². The van der Waals surface area contributed by atoms with Crippen LogP contribution in [0.25, 0.3) is 0 Å². The van der Waals surface area contributed by atoms with Gasteiger partial charge >= 0.3 is 33.3 Å². The summed E-state index contributed by atoms with van der Waals surface area (Å²) in [5, 5.41) is 30.8. The van der Waals surface area contributed by atoms with Crippen molar-refractivity contribution in [3.63, 3.8) is 0 Å². The molecule has 3 unspecified atom stereocenters. The molecule has 0 bridgehead atoms. The third-order valence-corrected chi connectivity index (χ3v) is 14.9. The second-order valence-electron chi connectivity index (χ2n) is 19.7. The van der Waals surface area contributed by atoms with E-state index in [1.54, 1.807) is 6.08 Å². The molecule has 438 valence electrons. The Morgan fingerprint density at radius 2 is 1.29 bits per heavy atom. The molecule has 0 spiro atoms. The maximum Gasteiger partial charge on any atom is 0.481 e. The summed E-state index contributed by atoms with van der Waals surface area (Å²) in [6.45, 7) is 4.22. The van der Waals surface area contributed by atoms with Crippen LogP contribution >= 0.6 is 15.6 Å². The topological polar surface area (TPSA) is 286 Å². The zero-order valence-electron chi connectivity index (χ0n) is 46.0. The van der Waals surface area contributed by atoms with Crippen molar-refractivity contribution < 1.29 is 71.4 Å². The van der Waals surface area contributed by atoms with Gasteiger partial charge in [-0.2, -0.15) is 9.29 Å². The zero-order chi connectivity index (χ0) is 56.6. The van der Waals surface area contributed by atoms with E-state index in [1.807, 2.05) is 54.7 Å². The predicted octanol–water partition coefficient (Wildman–Crippen LogP) is 11.3. The van der Waals surface area contributed by atoms with E-state index >= 15 is 0 Å². The van der Waals surface area contributed by atoms with Crippen LogP contribution in [0.5, 0.6) is 0 Å². The molecule has 1 saturated heterocycles. The van der Waals surface area contributed by atoms with Crippen LogP contribution in [-0.2, 0) is 46.3 Å². The predicted molar refractivity (Wildman–Crippen MR) is 299 cm³/mol. The summed E-state index contributed by atoms with van der Waals surface area (Å²) >= 11 is 0. The minimum Gasteiger partial charge on any atom is -0.462 e. The highest BCUT2D eigenvalue weighted by Crippen LogP contribution is 2.60. The molecule has 1 aliphatic rings. The number of hydrogen-bond acceptors (Lipinski definition) is 16. The SMILES string of the molecule is CC/C=C\CC(O)/C=C/C=C/C/C=C\C/C=C\C/C=C\CCC(=O)OC[C@H](COP(=O)(O)OP(=O)(O)OC[C@H]1O[C@@H](n2ccc(N)nc2=O)[C@H](O)[C@@H]1O)OC(=O)CCCCCCCCCCCCCCCCCCC(C)C. The number of nitrogen functional groups attached to an aromatic ring is 1. The zero-order valence-corrected chi connectivity index (χ0v) is 47.8. The van der Waals surface area contributed by atoms with Gasteiger partial charge in [-0.25, -0.2) is 13.9 Å². The molecule has 1 aromatic rings. The summed E-state index contributed by atoms with van der Waals surface area (Å²) in [5.74, 6) is -0.618. The number of carbonyl (C=O) groups excluding carboxylic acids is 2. The standard InChI is InChI=1S/C56H93N3O16P2/c1-4-5-31-37-47(60)38-33-28-24-20-16-12-10-14-17-21-25-29-34-39-51(61)70-43-48(73-52(62)40-35-30-26-22-18-13-9-7-6-8-11-15-19-23-27-32-36-46(2)3)44-71-76(66,67)75-77(68,69)72-45-49-53(63)54(64)55(74-49)59-42-41-50(57)58-56(59)65/h5,12,14,16-17,24-25,28-29,31,33,38,41-42,46-49,53-55,60,63-64H,4,6-11,13,15,18-23,26-27,30,32,34-37,39-40,43-45H2,1-3H3,(H,66,67)(H,68,69)(H2,57,58,65)/b16-12-,17-14-,28-24+,29-25-,31-5-,38-33+/t47?,48-,49-,53-,54-,55-/m1/s1. The van der Waals surface area contributed by atoms with Crippen LogP contribution in [-0.4, -0.2) is 96.9 Å². The number of ether oxygens (including phenoxy) is 3. The number of nitrogens with zero attached hydrogens (tertiary/aromatic N) is 2. The summed E-state index contributed by atoms with van der Waals surface area (Å²) in [6.07, 6.45) is 40.3. The number of esters is 2. The van der Waals surface area contributed by atoms with Gasteiger partial charge in [0, 0.05) is 19.0 Å². The summed E-state index contributed by atoms with van der Waals surface area (Å²) in [5.41, 5.74) is 4.59. The lowest BCUT2D eigenvalue weighted by Crippen LogP contribution is -2.36. The van der Waals surface area contributed by atoms with Gasteiger partial charge in [0.2, 0.25) is 0 Å². The second-order valence-corrected chi connectivity index (χ2v) is 22.8. The highest BCUT2D eigenvalue weighted by molar-refractivity contribution is 7.61. The molecule has 19 nitrogen and oxygen atoms in total. The molecule has 0 aliphatic carbocycles. The summed E-state index contributed by atoms with van der Waals surface area (Å²) in [6, 6.07) is 1.24. The second kappa shape index (κ2) is 42.1. The van der Waals surface area contributed by atoms with Crippen molar-refractivity contribution in [1.82, 2.24) is 9.55 Å². The molecule has 1 fully saturated rings. The Morgan fingerprint density at radius 3 is 1.87 bits per heavy atom. The Balaban J connectivity index is 1.80. The first-order chi connectivity index (χ1) is 36.9. The summed E-state index contributed by atoms with van der Waals surface area (Å²) in [4.78, 5) is 62.1. The third kappa shape index (κ3) is 35.4. The summed E-state index contributed by atoms with van der Waals surface area (Å²) in [7, 11) is -10.9. The number of carbonyl (C=O) groups is 2. The van der Waals surface area contributed by atoms with E-state index in [1.165, 1.54) is 83.1 Å². The first kappa shape index (κ1) is 69.3. The van der Waals surface area contributed by atoms with Crippen LogP contribution in [0.2, 0.25) is 0 Å². The number of unbranched alkanes of at least 4 members (excludes halogenated alkanes) is 15. The highest BCUT2D eigenvalue weighted by atomic mass is 31.3. The average Bonchev–Trinajstić information content (AvgIpc) is 3.66. The molecule has 2 rings (SSSR count). The Labute approximate surface area is 457 Å². The van der Waals surface area contributed by atoms with Gasteiger partial charge in [-0.15, -0.1) is 0 Å². The molecule has 7 N–H and O–H groups in total. The fraction of sp³-hybridized carbons (Fsp3) is 0.679. The maximum atomic E-state index is 12.9. The van der Waals surface area contributed by atoms with Gasteiger partial charge in [-0.3, -0.25) is 23.2 Å². The van der Waals surface area contributed by atoms with Crippen LogP contribution in [0.4, 0.5) is 5.82 Å². The van der Waals surface area contributed by atoms with Crippen molar-refractivity contribution in [2.24, 2.45) is 5.92 Å². The number of anilines is 1. The van der Waals surface area contributed by atoms with Crippen molar-refractivity contribution in [2.45, 2.75) is 218 Å². The highest BCUT2D eigenvalue weighted by Gasteiger charge is 2.46. The molecule has 8 atom stereocenters. The van der Waals surface area contributed by atoms with E-state index in [-0.39, 0.29) is 18.7 Å². The quantitative estimate of drug-likeness (QED) is 0.0116. The molecule has 0 amide bonds. The van der Waals surface area contributed by atoms with E-state index in [2.05, 4.69) is 42.2 Å². The van der Waals surface area contributed by atoms with E-state index in [4.69, 9.17) is 29.0 Å². The molecular formula is C56H93N3O16P2. The number of phosphoric ester groups is 2. The lowest BCUT2D eigenvalue weighted by atomic mass is 10.0. The number of aliphatic hydroxyl groups is 3. The van der Waals surface area contributed by atoms with E-state index in [0.29, 0.717) is 25.7 Å². The van der Waals surface area contributed by atoms with Crippen LogP contribution in [0, 0.1) is 5.92 Å². The fourth-order valence-electron chi connectivity index (χ4n) is 8.02. The number of phosphoric acid groups is 2. The van der Waals surface area contributed by atoms with Crippen LogP contribution < -0.4 is 11.4 Å². The number of hydrogen-bond donors (Lipinski definition) is 6. The van der Waals surface area contributed by atoms with E-state index in [0.717, 1.165) is 61.6 Å². The van der Waals surface area contributed by atoms with Gasteiger partial charge in [0.05, 0.1) is 19.3 Å². The molecule has 0 radical (unpaired) electrons. The fourth-order valence-corrected chi connectivity index (χ4v) is 10.1. The van der Waals surface area contributed by atoms with Gasteiger partial charge in [0.15, 0.2) is 12.3 Å². The molecule has 0 aromatic carbocycles. The van der Waals surface area contributed by atoms with Gasteiger partial charge in [0.25, 0.3) is 0 Å². The lowest BCUT2D eigenvalue weighted by molar-refractivity contribution is -0.161. The largest absolute Gasteiger partial charge is 0.481 e. The number of rotatable bonds is 45. The van der Waals surface area contributed by atoms with Gasteiger partial charge in [-0.1, -0.05) is 196 Å².